The van der Waals surface area contributed by atoms with Crippen molar-refractivity contribution >= 4 is 45.9 Å². The molecule has 5 nitrogen and oxygen atoms in total. The Balaban J connectivity index is 1.31. The third-order valence-electron chi connectivity index (χ3n) is 4.47. The monoisotopic (exact) mass is 464 g/mol. The van der Waals surface area contributed by atoms with Gasteiger partial charge in [0.05, 0.1) is 5.75 Å². The first-order valence-corrected chi connectivity index (χ1v) is 12.1. The molecule has 1 aliphatic heterocycles. The molecule has 2 aromatic carbocycles. The van der Waals surface area contributed by atoms with Crippen molar-refractivity contribution in [3.05, 3.63) is 71.3 Å². The number of benzene rings is 2. The van der Waals surface area contributed by atoms with E-state index in [0.717, 1.165) is 11.3 Å². The van der Waals surface area contributed by atoms with Gasteiger partial charge in [0, 0.05) is 24.4 Å². The lowest BCUT2D eigenvalue weighted by Gasteiger charge is -2.24. The number of carbonyl (C=O) groups excluding carboxylic acids is 1. The summed E-state index contributed by atoms with van der Waals surface area (Å²) in [4.78, 5) is 14.5. The molecule has 1 fully saturated rings. The number of hydrogen-bond donors (Lipinski definition) is 1. The molecular weight excluding hydrogens is 446 g/mol. The van der Waals surface area contributed by atoms with Crippen molar-refractivity contribution in [3.8, 4) is 0 Å². The van der Waals surface area contributed by atoms with E-state index in [1.54, 1.807) is 47.0 Å². The van der Waals surface area contributed by atoms with E-state index in [0.29, 0.717) is 28.1 Å². The molecule has 4 rings (SSSR count). The summed E-state index contributed by atoms with van der Waals surface area (Å²) in [6.07, 6.45) is 0. The van der Waals surface area contributed by atoms with Crippen LogP contribution in [0.1, 0.15) is 16.5 Å². The Kier molecular flexibility index (Phi) is 6.86. The van der Waals surface area contributed by atoms with Gasteiger partial charge < -0.3 is 10.2 Å². The standard InChI is InChI=1S/C20H18F2N4OS3/c21-14-7-5-13(6-8-14)11-23-19-24-25-20(30-19)29-12-17(27)26-9-10-28-18(26)15-3-1-2-4-16(15)22/h1-8,18H,9-12H2,(H,23,24)/t18-/m0/s1. The van der Waals surface area contributed by atoms with E-state index in [1.807, 2.05) is 0 Å². The number of rotatable bonds is 7. The van der Waals surface area contributed by atoms with E-state index >= 15 is 0 Å². The topological polar surface area (TPSA) is 58.1 Å². The Labute approximate surface area is 185 Å². The molecule has 0 unspecified atom stereocenters. The highest BCUT2D eigenvalue weighted by Crippen LogP contribution is 2.39. The molecule has 1 aromatic heterocycles. The van der Waals surface area contributed by atoms with E-state index < -0.39 is 0 Å². The molecule has 30 heavy (non-hydrogen) atoms. The van der Waals surface area contributed by atoms with Crippen LogP contribution < -0.4 is 5.32 Å². The lowest BCUT2D eigenvalue weighted by Crippen LogP contribution is -2.32. The Bertz CT molecular complexity index is 1020. The van der Waals surface area contributed by atoms with Crippen LogP contribution in [0.15, 0.2) is 52.9 Å². The number of hydrogen-bond acceptors (Lipinski definition) is 7. The molecule has 0 spiro atoms. The van der Waals surface area contributed by atoms with Gasteiger partial charge in [-0.2, -0.15) is 0 Å². The second kappa shape index (κ2) is 9.76. The van der Waals surface area contributed by atoms with E-state index in [2.05, 4.69) is 15.5 Å². The summed E-state index contributed by atoms with van der Waals surface area (Å²) in [6.45, 7) is 1.11. The fourth-order valence-electron chi connectivity index (χ4n) is 2.98. The van der Waals surface area contributed by atoms with Crippen molar-refractivity contribution in [3.63, 3.8) is 0 Å². The zero-order chi connectivity index (χ0) is 20.9. The van der Waals surface area contributed by atoms with Crippen LogP contribution in [0.25, 0.3) is 0 Å². The minimum absolute atomic E-state index is 0.0470. The number of nitrogens with zero attached hydrogens (tertiary/aromatic N) is 3. The molecule has 0 radical (unpaired) electrons. The van der Waals surface area contributed by atoms with Gasteiger partial charge in [-0.15, -0.1) is 22.0 Å². The smallest absolute Gasteiger partial charge is 0.234 e. The average Bonchev–Trinajstić information content (AvgIpc) is 3.42. The molecule has 1 aliphatic rings. The normalized spacial score (nSPS) is 16.1. The van der Waals surface area contributed by atoms with Gasteiger partial charge in [-0.25, -0.2) is 8.78 Å². The fraction of sp³-hybridized carbons (Fsp3) is 0.250. The number of halogens is 2. The molecule has 10 heteroatoms. The SMILES string of the molecule is O=C(CSc1nnc(NCc2ccc(F)cc2)s1)N1CCS[C@H]1c1ccccc1F. The van der Waals surface area contributed by atoms with Gasteiger partial charge >= 0.3 is 0 Å². The summed E-state index contributed by atoms with van der Waals surface area (Å²) in [7, 11) is 0. The third kappa shape index (κ3) is 5.11. The Morgan fingerprint density at radius 2 is 1.97 bits per heavy atom. The molecule has 0 saturated carbocycles. The first-order chi connectivity index (χ1) is 14.6. The molecule has 1 N–H and O–H groups in total. The van der Waals surface area contributed by atoms with Crippen LogP contribution in [0, 0.1) is 11.6 Å². The van der Waals surface area contributed by atoms with Crippen LogP contribution in [-0.2, 0) is 11.3 Å². The number of anilines is 1. The fourth-order valence-corrected chi connectivity index (χ4v) is 5.92. The zero-order valence-corrected chi connectivity index (χ0v) is 18.2. The van der Waals surface area contributed by atoms with Gasteiger partial charge in [0.15, 0.2) is 4.34 Å². The lowest BCUT2D eigenvalue weighted by atomic mass is 10.2. The lowest BCUT2D eigenvalue weighted by molar-refractivity contribution is -0.128. The maximum Gasteiger partial charge on any atom is 0.234 e. The van der Waals surface area contributed by atoms with Crippen LogP contribution in [0.2, 0.25) is 0 Å². The van der Waals surface area contributed by atoms with E-state index in [1.165, 1.54) is 41.3 Å². The summed E-state index contributed by atoms with van der Waals surface area (Å²) >= 11 is 4.26. The summed E-state index contributed by atoms with van der Waals surface area (Å²) in [6, 6.07) is 12.8. The Morgan fingerprint density at radius 3 is 2.77 bits per heavy atom. The predicted molar refractivity (Wildman–Crippen MR) is 118 cm³/mol. The molecule has 1 amide bonds. The maximum atomic E-state index is 14.1. The van der Waals surface area contributed by atoms with Crippen molar-refractivity contribution in [2.75, 3.05) is 23.4 Å². The van der Waals surface area contributed by atoms with Crippen molar-refractivity contribution in [2.24, 2.45) is 0 Å². The van der Waals surface area contributed by atoms with Gasteiger partial charge in [-0.1, -0.05) is 53.4 Å². The van der Waals surface area contributed by atoms with Crippen molar-refractivity contribution in [2.45, 2.75) is 16.3 Å². The van der Waals surface area contributed by atoms with Crippen molar-refractivity contribution in [1.82, 2.24) is 15.1 Å². The summed E-state index contributed by atoms with van der Waals surface area (Å²) in [5.74, 6) is 0.397. The predicted octanol–water partition coefficient (Wildman–Crippen LogP) is 4.79. The second-order valence-corrected chi connectivity index (χ2v) is 9.86. The third-order valence-corrected chi connectivity index (χ3v) is 7.71. The van der Waals surface area contributed by atoms with Crippen molar-refractivity contribution < 1.29 is 13.6 Å². The molecule has 3 aromatic rings. The number of nitrogens with one attached hydrogen (secondary N) is 1. The maximum absolute atomic E-state index is 14.1. The molecule has 2 heterocycles. The summed E-state index contributed by atoms with van der Waals surface area (Å²) in [5.41, 5.74) is 1.48. The molecule has 1 saturated heterocycles. The molecule has 0 bridgehead atoms. The highest BCUT2D eigenvalue weighted by atomic mass is 32.2. The van der Waals surface area contributed by atoms with Crippen LogP contribution in [0.5, 0.6) is 0 Å². The van der Waals surface area contributed by atoms with E-state index in [4.69, 9.17) is 0 Å². The zero-order valence-electron chi connectivity index (χ0n) is 15.8. The Hall–Kier alpha value is -2.17. The summed E-state index contributed by atoms with van der Waals surface area (Å²) in [5, 5.41) is 11.7. The largest absolute Gasteiger partial charge is 0.356 e. The van der Waals surface area contributed by atoms with Gasteiger partial charge in [0.1, 0.15) is 17.0 Å². The van der Waals surface area contributed by atoms with Gasteiger partial charge in [-0.05, 0) is 23.8 Å². The van der Waals surface area contributed by atoms with Crippen molar-refractivity contribution in [1.29, 1.82) is 0 Å². The van der Waals surface area contributed by atoms with Crippen LogP contribution >= 0.6 is 34.9 Å². The molecular formula is C20H18F2N4OS3. The molecule has 1 atom stereocenters. The van der Waals surface area contributed by atoms with E-state index in [-0.39, 0.29) is 28.7 Å². The van der Waals surface area contributed by atoms with Gasteiger partial charge in [0.2, 0.25) is 11.0 Å². The Morgan fingerprint density at radius 1 is 1.17 bits per heavy atom. The van der Waals surface area contributed by atoms with Gasteiger partial charge in [0.25, 0.3) is 0 Å². The minimum atomic E-state index is -0.290. The van der Waals surface area contributed by atoms with Gasteiger partial charge in [-0.3, -0.25) is 4.79 Å². The van der Waals surface area contributed by atoms with Crippen LogP contribution in [0.3, 0.4) is 0 Å². The molecule has 156 valence electrons. The minimum Gasteiger partial charge on any atom is -0.356 e. The number of carbonyl (C=O) groups is 1. The second-order valence-electron chi connectivity index (χ2n) is 6.47. The number of thioether (sulfide) groups is 2. The first-order valence-electron chi connectivity index (χ1n) is 9.20. The highest BCUT2D eigenvalue weighted by molar-refractivity contribution is 8.01. The van der Waals surface area contributed by atoms with Crippen LogP contribution in [-0.4, -0.2) is 39.1 Å². The number of aromatic nitrogens is 2. The molecule has 0 aliphatic carbocycles. The average molecular weight is 465 g/mol. The highest BCUT2D eigenvalue weighted by Gasteiger charge is 2.32. The van der Waals surface area contributed by atoms with Crippen LogP contribution in [0.4, 0.5) is 13.9 Å². The first kappa shape index (κ1) is 21.1. The van der Waals surface area contributed by atoms with E-state index in [9.17, 15) is 13.6 Å². The number of amides is 1. The quantitative estimate of drug-likeness (QED) is 0.507. The summed E-state index contributed by atoms with van der Waals surface area (Å²) < 4.78 is 27.8.